The van der Waals surface area contributed by atoms with Gasteiger partial charge in [-0.1, -0.05) is 18.2 Å². The third-order valence-electron chi connectivity index (χ3n) is 3.74. The zero-order valence-corrected chi connectivity index (χ0v) is 12.1. The number of para-hydroxylation sites is 2. The number of aromatic nitrogens is 3. The van der Waals surface area contributed by atoms with Crippen molar-refractivity contribution in [2.45, 2.75) is 0 Å². The summed E-state index contributed by atoms with van der Waals surface area (Å²) in [5.74, 6) is 0.309. The maximum atomic E-state index is 9.47. The molecule has 0 saturated carbocycles. The lowest BCUT2D eigenvalue weighted by Crippen LogP contribution is -2.02. The van der Waals surface area contributed by atoms with Gasteiger partial charge in [-0.2, -0.15) is 5.26 Å². The van der Waals surface area contributed by atoms with E-state index in [1.165, 1.54) is 0 Å². The highest BCUT2D eigenvalue weighted by Gasteiger charge is 2.19. The first-order valence-corrected chi connectivity index (χ1v) is 7.01. The molecule has 0 bridgehead atoms. The van der Waals surface area contributed by atoms with Crippen molar-refractivity contribution in [2.75, 3.05) is 11.5 Å². The van der Waals surface area contributed by atoms with E-state index in [4.69, 9.17) is 11.5 Å². The zero-order chi connectivity index (χ0) is 16.0. The van der Waals surface area contributed by atoms with Gasteiger partial charge in [-0.05, 0) is 30.3 Å². The van der Waals surface area contributed by atoms with E-state index in [1.807, 2.05) is 36.4 Å². The standard InChI is InChI=1S/C17H12N6/c18-9-12-15-17(22-14-7-2-1-6-13(14)21-15)23(16(12)20)11-5-3-4-10(19)8-11/h1-8H,19-20H2. The van der Waals surface area contributed by atoms with Crippen molar-refractivity contribution in [3.05, 3.63) is 54.1 Å². The number of benzene rings is 2. The number of anilines is 2. The molecule has 110 valence electrons. The molecule has 23 heavy (non-hydrogen) atoms. The summed E-state index contributed by atoms with van der Waals surface area (Å²) in [6.45, 7) is 0. The van der Waals surface area contributed by atoms with E-state index in [-0.39, 0.29) is 0 Å². The van der Waals surface area contributed by atoms with Crippen LogP contribution in [0.15, 0.2) is 48.5 Å². The monoisotopic (exact) mass is 300 g/mol. The Labute approximate surface area is 131 Å². The number of nitriles is 1. The minimum Gasteiger partial charge on any atom is -0.399 e. The molecule has 0 amide bonds. The van der Waals surface area contributed by atoms with Crippen LogP contribution in [0.2, 0.25) is 0 Å². The van der Waals surface area contributed by atoms with Crippen LogP contribution in [-0.4, -0.2) is 14.5 Å². The molecule has 0 spiro atoms. The van der Waals surface area contributed by atoms with E-state index in [0.717, 1.165) is 16.7 Å². The highest BCUT2D eigenvalue weighted by Crippen LogP contribution is 2.30. The third kappa shape index (κ3) is 1.88. The van der Waals surface area contributed by atoms with E-state index < -0.39 is 0 Å². The highest BCUT2D eigenvalue weighted by molar-refractivity contribution is 5.93. The molecule has 4 N–H and O–H groups in total. The minimum absolute atomic E-state index is 0.309. The second-order valence-corrected chi connectivity index (χ2v) is 5.19. The lowest BCUT2D eigenvalue weighted by Gasteiger charge is -2.08. The predicted octanol–water partition coefficient (Wildman–Crippen LogP) is 2.61. The van der Waals surface area contributed by atoms with Crippen molar-refractivity contribution >= 4 is 33.7 Å². The third-order valence-corrected chi connectivity index (χ3v) is 3.74. The molecule has 0 aliphatic carbocycles. The Morgan fingerprint density at radius 1 is 0.957 bits per heavy atom. The van der Waals surface area contributed by atoms with Crippen LogP contribution < -0.4 is 11.5 Å². The molecular weight excluding hydrogens is 288 g/mol. The van der Waals surface area contributed by atoms with E-state index in [2.05, 4.69) is 16.0 Å². The van der Waals surface area contributed by atoms with E-state index in [1.54, 1.807) is 16.7 Å². The first-order valence-electron chi connectivity index (χ1n) is 7.01. The molecule has 0 aliphatic rings. The number of rotatable bonds is 1. The van der Waals surface area contributed by atoms with Gasteiger partial charge >= 0.3 is 0 Å². The summed E-state index contributed by atoms with van der Waals surface area (Å²) in [4.78, 5) is 9.20. The number of hydrogen-bond donors (Lipinski definition) is 2. The summed E-state index contributed by atoms with van der Waals surface area (Å²) in [6.07, 6.45) is 0. The molecule has 0 aliphatic heterocycles. The Morgan fingerprint density at radius 2 is 1.70 bits per heavy atom. The van der Waals surface area contributed by atoms with Gasteiger partial charge in [0.2, 0.25) is 0 Å². The first-order chi connectivity index (χ1) is 11.2. The van der Waals surface area contributed by atoms with Crippen LogP contribution in [0.4, 0.5) is 11.5 Å². The molecule has 2 aromatic heterocycles. The molecule has 0 fully saturated rings. The van der Waals surface area contributed by atoms with Gasteiger partial charge in [0, 0.05) is 5.69 Å². The van der Waals surface area contributed by atoms with Crippen molar-refractivity contribution < 1.29 is 0 Å². The average Bonchev–Trinajstić information content (AvgIpc) is 2.83. The second-order valence-electron chi connectivity index (χ2n) is 5.19. The van der Waals surface area contributed by atoms with Gasteiger partial charge in [0.1, 0.15) is 23.0 Å². The van der Waals surface area contributed by atoms with Crippen molar-refractivity contribution in [1.82, 2.24) is 14.5 Å². The van der Waals surface area contributed by atoms with Crippen LogP contribution in [-0.2, 0) is 0 Å². The first kappa shape index (κ1) is 13.1. The van der Waals surface area contributed by atoms with Crippen molar-refractivity contribution in [1.29, 1.82) is 5.26 Å². The summed E-state index contributed by atoms with van der Waals surface area (Å²) < 4.78 is 1.71. The van der Waals surface area contributed by atoms with Crippen LogP contribution in [0.1, 0.15) is 5.56 Å². The lowest BCUT2D eigenvalue weighted by molar-refractivity contribution is 1.11. The minimum atomic E-state index is 0.309. The lowest BCUT2D eigenvalue weighted by atomic mass is 10.2. The smallest absolute Gasteiger partial charge is 0.167 e. The van der Waals surface area contributed by atoms with Crippen LogP contribution >= 0.6 is 0 Å². The summed E-state index contributed by atoms with van der Waals surface area (Å²) in [7, 11) is 0. The number of nitrogens with zero attached hydrogens (tertiary/aromatic N) is 4. The molecule has 6 heteroatoms. The fraction of sp³-hybridized carbons (Fsp3) is 0. The second kappa shape index (κ2) is 4.71. The molecule has 4 rings (SSSR count). The number of nitrogens with two attached hydrogens (primary N) is 2. The molecular formula is C17H12N6. The normalized spacial score (nSPS) is 10.9. The van der Waals surface area contributed by atoms with Crippen molar-refractivity contribution in [3.8, 4) is 11.8 Å². The van der Waals surface area contributed by atoms with Gasteiger partial charge < -0.3 is 11.5 Å². The Morgan fingerprint density at radius 3 is 2.39 bits per heavy atom. The maximum Gasteiger partial charge on any atom is 0.167 e. The van der Waals surface area contributed by atoms with Crippen LogP contribution in [0.5, 0.6) is 0 Å². The van der Waals surface area contributed by atoms with Gasteiger partial charge in [0.05, 0.1) is 16.7 Å². The molecule has 2 aromatic carbocycles. The molecule has 4 aromatic rings. The van der Waals surface area contributed by atoms with E-state index in [0.29, 0.717) is 28.2 Å². The van der Waals surface area contributed by atoms with E-state index in [9.17, 15) is 5.26 Å². The molecule has 0 unspecified atom stereocenters. The molecule has 0 saturated heterocycles. The average molecular weight is 300 g/mol. The Bertz CT molecular complexity index is 1100. The number of hydrogen-bond acceptors (Lipinski definition) is 5. The maximum absolute atomic E-state index is 9.47. The fourth-order valence-corrected chi connectivity index (χ4v) is 2.70. The van der Waals surface area contributed by atoms with Gasteiger partial charge in [0.25, 0.3) is 0 Å². The topological polar surface area (TPSA) is 107 Å². The molecule has 2 heterocycles. The highest BCUT2D eigenvalue weighted by atomic mass is 15.1. The Hall–Kier alpha value is -3.59. The summed E-state index contributed by atoms with van der Waals surface area (Å²) in [5, 5.41) is 9.47. The summed E-state index contributed by atoms with van der Waals surface area (Å²) >= 11 is 0. The molecule has 0 radical (unpaired) electrons. The van der Waals surface area contributed by atoms with Gasteiger partial charge in [-0.25, -0.2) is 9.97 Å². The van der Waals surface area contributed by atoms with Gasteiger partial charge in [0.15, 0.2) is 5.65 Å². The Balaban J connectivity index is 2.17. The SMILES string of the molecule is N#Cc1c(N)n(-c2cccc(N)c2)c2nc3ccccc3nc12. The van der Waals surface area contributed by atoms with Crippen molar-refractivity contribution in [3.63, 3.8) is 0 Å². The number of nitrogen functional groups attached to an aromatic ring is 2. The van der Waals surface area contributed by atoms with Crippen molar-refractivity contribution in [2.24, 2.45) is 0 Å². The predicted molar refractivity (Wildman–Crippen MR) is 89.9 cm³/mol. The van der Waals surface area contributed by atoms with Crippen LogP contribution in [0, 0.1) is 11.3 Å². The van der Waals surface area contributed by atoms with E-state index >= 15 is 0 Å². The van der Waals surface area contributed by atoms with Gasteiger partial charge in [-0.3, -0.25) is 4.57 Å². The fourth-order valence-electron chi connectivity index (χ4n) is 2.70. The molecule has 0 atom stereocenters. The van der Waals surface area contributed by atoms with Crippen LogP contribution in [0.25, 0.3) is 27.9 Å². The summed E-state index contributed by atoms with van der Waals surface area (Å²) in [6, 6.07) is 16.9. The summed E-state index contributed by atoms with van der Waals surface area (Å²) in [5.41, 5.74) is 16.2. The largest absolute Gasteiger partial charge is 0.399 e. The molecule has 6 nitrogen and oxygen atoms in total. The quantitative estimate of drug-likeness (QED) is 0.525. The van der Waals surface area contributed by atoms with Gasteiger partial charge in [-0.15, -0.1) is 0 Å². The number of fused-ring (bicyclic) bond motifs is 2. The Kier molecular flexibility index (Phi) is 2.68. The van der Waals surface area contributed by atoms with Crippen LogP contribution in [0.3, 0.4) is 0 Å². The zero-order valence-electron chi connectivity index (χ0n) is 12.1.